The van der Waals surface area contributed by atoms with E-state index in [1.54, 1.807) is 0 Å². The van der Waals surface area contributed by atoms with Crippen molar-refractivity contribution in [3.63, 3.8) is 0 Å². The monoisotopic (exact) mass is 434 g/mol. The van der Waals surface area contributed by atoms with Crippen molar-refractivity contribution in [2.45, 2.75) is 52.5 Å². The summed E-state index contributed by atoms with van der Waals surface area (Å²) in [6.45, 7) is 13.2. The molecule has 4 nitrogen and oxygen atoms in total. The van der Waals surface area contributed by atoms with E-state index < -0.39 is 0 Å². The molecule has 2 aliphatic rings. The maximum absolute atomic E-state index is 4.85. The van der Waals surface area contributed by atoms with E-state index in [2.05, 4.69) is 48.0 Å². The van der Waals surface area contributed by atoms with Crippen molar-refractivity contribution in [3.05, 3.63) is 12.2 Å². The summed E-state index contributed by atoms with van der Waals surface area (Å²) >= 11 is 0. The second-order valence-electron chi connectivity index (χ2n) is 6.94. The third-order valence-electron chi connectivity index (χ3n) is 4.61. The van der Waals surface area contributed by atoms with E-state index in [0.717, 1.165) is 51.1 Å². The maximum Gasteiger partial charge on any atom is 0.193 e. The fourth-order valence-corrected chi connectivity index (χ4v) is 3.30. The first kappa shape index (κ1) is 20.7. The van der Waals surface area contributed by atoms with Gasteiger partial charge in [0.25, 0.3) is 0 Å². The Balaban J connectivity index is 0.00000264. The number of nitrogens with zero attached hydrogens (tertiary/aromatic N) is 3. The Morgan fingerprint density at radius 2 is 2.00 bits per heavy atom. The summed E-state index contributed by atoms with van der Waals surface area (Å²) in [5.41, 5.74) is 0. The fraction of sp³-hybridized carbons (Fsp3) is 0.833. The lowest BCUT2D eigenvalue weighted by Gasteiger charge is -2.25. The quantitative estimate of drug-likeness (QED) is 0.219. The van der Waals surface area contributed by atoms with Gasteiger partial charge in [-0.05, 0) is 25.7 Å². The smallest absolute Gasteiger partial charge is 0.193 e. The summed E-state index contributed by atoms with van der Waals surface area (Å²) in [5, 5.41) is 3.48. The molecule has 0 saturated carbocycles. The molecule has 0 aromatic heterocycles. The minimum atomic E-state index is 0. The fourth-order valence-electron chi connectivity index (χ4n) is 3.30. The van der Waals surface area contributed by atoms with Gasteiger partial charge in [0.05, 0.1) is 0 Å². The van der Waals surface area contributed by atoms with E-state index >= 15 is 0 Å². The average molecular weight is 434 g/mol. The molecule has 5 heteroatoms. The molecular weight excluding hydrogens is 399 g/mol. The zero-order valence-corrected chi connectivity index (χ0v) is 17.5. The zero-order chi connectivity index (χ0) is 15.8. The lowest BCUT2D eigenvalue weighted by Crippen LogP contribution is -2.42. The molecule has 2 heterocycles. The number of nitrogens with one attached hydrogen (secondary N) is 1. The first-order chi connectivity index (χ1) is 10.7. The van der Waals surface area contributed by atoms with E-state index in [1.807, 2.05) is 0 Å². The summed E-state index contributed by atoms with van der Waals surface area (Å²) in [6, 6.07) is 0.694. The van der Waals surface area contributed by atoms with Crippen LogP contribution in [0.2, 0.25) is 0 Å². The van der Waals surface area contributed by atoms with Crippen molar-refractivity contribution in [1.82, 2.24) is 15.1 Å². The molecule has 1 atom stereocenters. The van der Waals surface area contributed by atoms with Crippen LogP contribution >= 0.6 is 24.0 Å². The Kier molecular flexibility index (Phi) is 10.2. The molecule has 2 aliphatic heterocycles. The molecule has 1 saturated heterocycles. The van der Waals surface area contributed by atoms with Gasteiger partial charge in [-0.3, -0.25) is 9.89 Å². The van der Waals surface area contributed by atoms with E-state index in [1.165, 1.54) is 25.7 Å². The number of halogens is 1. The number of hydrogen-bond acceptors (Lipinski definition) is 2. The maximum atomic E-state index is 4.85. The van der Waals surface area contributed by atoms with Gasteiger partial charge in [-0.2, -0.15) is 0 Å². The largest absolute Gasteiger partial charge is 0.357 e. The van der Waals surface area contributed by atoms with Gasteiger partial charge in [-0.1, -0.05) is 38.8 Å². The summed E-state index contributed by atoms with van der Waals surface area (Å²) in [6.07, 6.45) is 9.66. The van der Waals surface area contributed by atoms with Gasteiger partial charge in [-0.25, -0.2) is 0 Å². The summed E-state index contributed by atoms with van der Waals surface area (Å²) in [4.78, 5) is 9.88. The van der Waals surface area contributed by atoms with Crippen LogP contribution in [0.15, 0.2) is 17.1 Å². The molecule has 134 valence electrons. The van der Waals surface area contributed by atoms with Gasteiger partial charge < -0.3 is 10.2 Å². The minimum absolute atomic E-state index is 0. The highest BCUT2D eigenvalue weighted by Crippen LogP contribution is 2.18. The van der Waals surface area contributed by atoms with Gasteiger partial charge >= 0.3 is 0 Å². The van der Waals surface area contributed by atoms with Crippen LogP contribution in [0.25, 0.3) is 0 Å². The number of hydrogen-bond donors (Lipinski definition) is 1. The highest BCUT2D eigenvalue weighted by atomic mass is 127. The first-order valence-corrected chi connectivity index (χ1v) is 9.13. The second kappa shape index (κ2) is 11.3. The van der Waals surface area contributed by atoms with Crippen LogP contribution < -0.4 is 5.32 Å². The van der Waals surface area contributed by atoms with Crippen molar-refractivity contribution < 1.29 is 0 Å². The number of likely N-dealkylation sites (tertiary alicyclic amines) is 1. The molecular formula is C18H35IN4. The molecule has 23 heavy (non-hydrogen) atoms. The Morgan fingerprint density at radius 1 is 1.26 bits per heavy atom. The average Bonchev–Trinajstić information content (AvgIpc) is 3.16. The SMILES string of the molecule is CCNC(=NCCCCC(C)C)N1CCC(N2CC=CC2)C1.I. The third-order valence-corrected chi connectivity index (χ3v) is 4.61. The normalized spacial score (nSPS) is 22.0. The second-order valence-corrected chi connectivity index (χ2v) is 6.94. The van der Waals surface area contributed by atoms with Crippen LogP contribution in [0.5, 0.6) is 0 Å². The molecule has 1 unspecified atom stereocenters. The topological polar surface area (TPSA) is 30.9 Å². The van der Waals surface area contributed by atoms with E-state index in [-0.39, 0.29) is 24.0 Å². The highest BCUT2D eigenvalue weighted by molar-refractivity contribution is 14.0. The molecule has 0 radical (unpaired) electrons. The third kappa shape index (κ3) is 6.99. The van der Waals surface area contributed by atoms with Crippen LogP contribution in [0.1, 0.15) is 46.5 Å². The minimum Gasteiger partial charge on any atom is -0.357 e. The Bertz CT molecular complexity index is 373. The number of aliphatic imine (C=N–C) groups is 1. The van der Waals surface area contributed by atoms with Gasteiger partial charge in [-0.15, -0.1) is 24.0 Å². The van der Waals surface area contributed by atoms with Crippen LogP contribution in [0.3, 0.4) is 0 Å². The van der Waals surface area contributed by atoms with Crippen molar-refractivity contribution in [2.75, 3.05) is 39.3 Å². The number of guanidine groups is 1. The Hall–Kier alpha value is -0.300. The summed E-state index contributed by atoms with van der Waals surface area (Å²) < 4.78 is 0. The number of rotatable bonds is 7. The van der Waals surface area contributed by atoms with Crippen molar-refractivity contribution in [1.29, 1.82) is 0 Å². The molecule has 0 amide bonds. The lowest BCUT2D eigenvalue weighted by molar-refractivity contribution is 0.259. The van der Waals surface area contributed by atoms with Gasteiger partial charge in [0.15, 0.2) is 5.96 Å². The standard InChI is InChI=1S/C18H34N4.HI/c1-4-19-18(20-11-6-5-9-16(2)3)22-14-10-17(15-22)21-12-7-8-13-21;/h7-8,16-17H,4-6,9-15H2,1-3H3,(H,19,20);1H. The molecule has 2 rings (SSSR count). The van der Waals surface area contributed by atoms with E-state index in [9.17, 15) is 0 Å². The van der Waals surface area contributed by atoms with Gasteiger partial charge in [0.1, 0.15) is 0 Å². The van der Waals surface area contributed by atoms with Crippen molar-refractivity contribution in [2.24, 2.45) is 10.9 Å². The van der Waals surface area contributed by atoms with Crippen LogP contribution in [-0.4, -0.2) is 61.1 Å². The molecule has 0 spiro atoms. The molecule has 1 fully saturated rings. The summed E-state index contributed by atoms with van der Waals surface area (Å²) in [5.74, 6) is 1.94. The van der Waals surface area contributed by atoms with Crippen LogP contribution in [0.4, 0.5) is 0 Å². The first-order valence-electron chi connectivity index (χ1n) is 9.13. The van der Waals surface area contributed by atoms with Gasteiger partial charge in [0.2, 0.25) is 0 Å². The van der Waals surface area contributed by atoms with Crippen LogP contribution in [-0.2, 0) is 0 Å². The predicted molar refractivity (Wildman–Crippen MR) is 111 cm³/mol. The summed E-state index contributed by atoms with van der Waals surface area (Å²) in [7, 11) is 0. The predicted octanol–water partition coefficient (Wildman–Crippen LogP) is 3.34. The molecule has 1 N–H and O–H groups in total. The Morgan fingerprint density at radius 3 is 2.65 bits per heavy atom. The van der Waals surface area contributed by atoms with Crippen molar-refractivity contribution in [3.8, 4) is 0 Å². The lowest BCUT2D eigenvalue weighted by atomic mass is 10.1. The van der Waals surface area contributed by atoms with E-state index in [0.29, 0.717) is 6.04 Å². The molecule has 0 bridgehead atoms. The van der Waals surface area contributed by atoms with Crippen LogP contribution in [0, 0.1) is 5.92 Å². The molecule has 0 aromatic rings. The van der Waals surface area contributed by atoms with E-state index in [4.69, 9.17) is 4.99 Å². The zero-order valence-electron chi connectivity index (χ0n) is 15.1. The van der Waals surface area contributed by atoms with Gasteiger partial charge in [0, 0.05) is 45.3 Å². The van der Waals surface area contributed by atoms with Crippen molar-refractivity contribution >= 4 is 29.9 Å². The number of unbranched alkanes of at least 4 members (excludes halogenated alkanes) is 1. The molecule has 0 aromatic carbocycles. The Labute approximate surface area is 159 Å². The molecule has 0 aliphatic carbocycles. The highest BCUT2D eigenvalue weighted by Gasteiger charge is 2.29.